The highest BCUT2D eigenvalue weighted by molar-refractivity contribution is 5.94. The van der Waals surface area contributed by atoms with E-state index < -0.39 is 6.10 Å². The lowest BCUT2D eigenvalue weighted by atomic mass is 10.1. The third-order valence-corrected chi connectivity index (χ3v) is 4.60. The summed E-state index contributed by atoms with van der Waals surface area (Å²) in [5, 5.41) is 2.91. The summed E-state index contributed by atoms with van der Waals surface area (Å²) in [6.07, 6.45) is 3.18. The normalized spacial score (nSPS) is 15.2. The summed E-state index contributed by atoms with van der Waals surface area (Å²) in [5.41, 5.74) is 1.98. The van der Waals surface area contributed by atoms with Crippen LogP contribution in [0.25, 0.3) is 0 Å². The molecule has 1 N–H and O–H groups in total. The highest BCUT2D eigenvalue weighted by atomic mass is 16.5. The number of carbonyl (C=O) groups is 1. The molecule has 1 aliphatic heterocycles. The van der Waals surface area contributed by atoms with Crippen LogP contribution in [-0.4, -0.2) is 32.2 Å². The summed E-state index contributed by atoms with van der Waals surface area (Å²) in [4.78, 5) is 14.8. The summed E-state index contributed by atoms with van der Waals surface area (Å²) >= 11 is 0. The van der Waals surface area contributed by atoms with Gasteiger partial charge in [-0.15, -0.1) is 0 Å². The Morgan fingerprint density at radius 3 is 2.31 bits per heavy atom. The molecule has 0 unspecified atom stereocenters. The number of hydrogen-bond acceptors (Lipinski definition) is 4. The zero-order chi connectivity index (χ0) is 18.4. The first-order valence-corrected chi connectivity index (χ1v) is 9.13. The van der Waals surface area contributed by atoms with Crippen molar-refractivity contribution in [3.05, 3.63) is 48.5 Å². The number of piperidine rings is 1. The van der Waals surface area contributed by atoms with E-state index in [2.05, 4.69) is 22.3 Å². The molecular weight excluding hydrogens is 328 g/mol. The molecule has 138 valence electrons. The molecule has 2 aromatic rings. The van der Waals surface area contributed by atoms with Crippen LogP contribution in [0.5, 0.6) is 11.5 Å². The number of nitrogens with one attached hydrogen (secondary N) is 1. The van der Waals surface area contributed by atoms with Gasteiger partial charge in [0.05, 0.1) is 7.11 Å². The van der Waals surface area contributed by atoms with E-state index >= 15 is 0 Å². The Labute approximate surface area is 154 Å². The lowest BCUT2D eigenvalue weighted by molar-refractivity contribution is -0.122. The Kier molecular flexibility index (Phi) is 6.00. The maximum atomic E-state index is 12.4. The minimum absolute atomic E-state index is 0.193. The Balaban J connectivity index is 1.58. The minimum Gasteiger partial charge on any atom is -0.493 e. The second kappa shape index (κ2) is 8.61. The number of carbonyl (C=O) groups excluding carboxylic acids is 1. The number of nitrogens with zero attached hydrogens (tertiary/aromatic N) is 1. The topological polar surface area (TPSA) is 50.8 Å². The first-order chi connectivity index (χ1) is 12.7. The fourth-order valence-corrected chi connectivity index (χ4v) is 3.11. The molecule has 5 nitrogen and oxygen atoms in total. The number of hydrogen-bond donors (Lipinski definition) is 1. The number of para-hydroxylation sites is 2. The first kappa shape index (κ1) is 18.1. The molecule has 1 saturated heterocycles. The van der Waals surface area contributed by atoms with Gasteiger partial charge in [0.25, 0.3) is 5.91 Å². The van der Waals surface area contributed by atoms with Crippen molar-refractivity contribution in [2.75, 3.05) is 30.4 Å². The van der Waals surface area contributed by atoms with Crippen LogP contribution in [0.1, 0.15) is 26.2 Å². The molecule has 0 radical (unpaired) electrons. The average Bonchev–Trinajstić information content (AvgIpc) is 2.69. The van der Waals surface area contributed by atoms with Crippen LogP contribution >= 0.6 is 0 Å². The first-order valence-electron chi connectivity index (χ1n) is 9.13. The number of ether oxygens (including phenoxy) is 2. The number of rotatable bonds is 6. The molecule has 0 aliphatic carbocycles. The van der Waals surface area contributed by atoms with Crippen LogP contribution in [0.2, 0.25) is 0 Å². The summed E-state index contributed by atoms with van der Waals surface area (Å²) in [6, 6.07) is 15.3. The third kappa shape index (κ3) is 4.48. The fourth-order valence-electron chi connectivity index (χ4n) is 3.11. The number of methoxy groups -OCH3 is 1. The van der Waals surface area contributed by atoms with E-state index in [1.54, 1.807) is 26.2 Å². The van der Waals surface area contributed by atoms with E-state index in [1.165, 1.54) is 24.9 Å². The SMILES string of the molecule is COc1ccccc1O[C@H](C)C(=O)Nc1ccc(N2CCCCC2)cc1. The molecule has 1 atom stereocenters. The molecule has 0 spiro atoms. The van der Waals surface area contributed by atoms with Crippen LogP contribution in [0.3, 0.4) is 0 Å². The van der Waals surface area contributed by atoms with E-state index in [4.69, 9.17) is 9.47 Å². The predicted molar refractivity (Wildman–Crippen MR) is 104 cm³/mol. The Morgan fingerprint density at radius 1 is 1.00 bits per heavy atom. The van der Waals surface area contributed by atoms with Crippen molar-refractivity contribution in [2.24, 2.45) is 0 Å². The third-order valence-electron chi connectivity index (χ3n) is 4.60. The van der Waals surface area contributed by atoms with Gasteiger partial charge in [-0.2, -0.15) is 0 Å². The molecule has 0 bridgehead atoms. The zero-order valence-corrected chi connectivity index (χ0v) is 15.4. The van der Waals surface area contributed by atoms with Gasteiger partial charge in [-0.1, -0.05) is 12.1 Å². The molecule has 0 aromatic heterocycles. The van der Waals surface area contributed by atoms with Gasteiger partial charge in [0.15, 0.2) is 17.6 Å². The Morgan fingerprint density at radius 2 is 1.65 bits per heavy atom. The summed E-state index contributed by atoms with van der Waals surface area (Å²) in [6.45, 7) is 3.94. The van der Waals surface area contributed by atoms with E-state index in [-0.39, 0.29) is 5.91 Å². The zero-order valence-electron chi connectivity index (χ0n) is 15.4. The maximum Gasteiger partial charge on any atom is 0.265 e. The van der Waals surface area contributed by atoms with Gasteiger partial charge >= 0.3 is 0 Å². The average molecular weight is 354 g/mol. The smallest absolute Gasteiger partial charge is 0.265 e. The van der Waals surface area contributed by atoms with Gasteiger partial charge in [0, 0.05) is 24.5 Å². The van der Waals surface area contributed by atoms with Crippen molar-refractivity contribution in [3.8, 4) is 11.5 Å². The van der Waals surface area contributed by atoms with Crippen LogP contribution in [0.4, 0.5) is 11.4 Å². The van der Waals surface area contributed by atoms with Crippen molar-refractivity contribution in [1.82, 2.24) is 0 Å². The quantitative estimate of drug-likeness (QED) is 0.849. The number of anilines is 2. The van der Waals surface area contributed by atoms with E-state index in [0.29, 0.717) is 11.5 Å². The lowest BCUT2D eigenvalue weighted by Crippen LogP contribution is -2.30. The van der Waals surface area contributed by atoms with Crippen LogP contribution in [0.15, 0.2) is 48.5 Å². The molecule has 2 aromatic carbocycles. The van der Waals surface area contributed by atoms with Gasteiger partial charge in [-0.25, -0.2) is 0 Å². The molecule has 1 amide bonds. The molecular formula is C21H26N2O3. The van der Waals surface area contributed by atoms with Gasteiger partial charge in [0.1, 0.15) is 0 Å². The van der Waals surface area contributed by atoms with Crippen LogP contribution in [0, 0.1) is 0 Å². The standard InChI is InChI=1S/C21H26N2O3/c1-16(26-20-9-5-4-8-19(20)25-2)21(24)22-17-10-12-18(13-11-17)23-14-6-3-7-15-23/h4-5,8-13,16H,3,6-7,14-15H2,1-2H3,(H,22,24)/t16-/m1/s1. The molecule has 26 heavy (non-hydrogen) atoms. The molecule has 1 fully saturated rings. The predicted octanol–water partition coefficient (Wildman–Crippen LogP) is 4.09. The van der Waals surface area contributed by atoms with Gasteiger partial charge in [0.2, 0.25) is 0 Å². The van der Waals surface area contributed by atoms with E-state index in [9.17, 15) is 4.79 Å². The highest BCUT2D eigenvalue weighted by Gasteiger charge is 2.17. The molecule has 3 rings (SSSR count). The largest absolute Gasteiger partial charge is 0.493 e. The Hall–Kier alpha value is -2.69. The second-order valence-electron chi connectivity index (χ2n) is 6.49. The van der Waals surface area contributed by atoms with E-state index in [0.717, 1.165) is 18.8 Å². The van der Waals surface area contributed by atoms with Crippen LogP contribution in [-0.2, 0) is 4.79 Å². The summed E-state index contributed by atoms with van der Waals surface area (Å²) < 4.78 is 11.0. The Bertz CT molecular complexity index is 724. The monoisotopic (exact) mass is 354 g/mol. The second-order valence-corrected chi connectivity index (χ2v) is 6.49. The van der Waals surface area contributed by atoms with Crippen molar-refractivity contribution in [1.29, 1.82) is 0 Å². The van der Waals surface area contributed by atoms with Gasteiger partial charge < -0.3 is 19.7 Å². The summed E-state index contributed by atoms with van der Waals surface area (Å²) in [5.74, 6) is 0.970. The highest BCUT2D eigenvalue weighted by Crippen LogP contribution is 2.27. The minimum atomic E-state index is -0.631. The summed E-state index contributed by atoms with van der Waals surface area (Å²) in [7, 11) is 1.58. The van der Waals surface area contributed by atoms with Crippen molar-refractivity contribution < 1.29 is 14.3 Å². The van der Waals surface area contributed by atoms with Gasteiger partial charge in [-0.3, -0.25) is 4.79 Å². The van der Waals surface area contributed by atoms with Crippen LogP contribution < -0.4 is 19.7 Å². The number of benzene rings is 2. The van der Waals surface area contributed by atoms with E-state index in [1.807, 2.05) is 24.3 Å². The fraction of sp³-hybridized carbons (Fsp3) is 0.381. The molecule has 1 heterocycles. The lowest BCUT2D eigenvalue weighted by Gasteiger charge is -2.28. The van der Waals surface area contributed by atoms with Crippen molar-refractivity contribution in [2.45, 2.75) is 32.3 Å². The molecule has 1 aliphatic rings. The maximum absolute atomic E-state index is 12.4. The van der Waals surface area contributed by atoms with Gasteiger partial charge in [-0.05, 0) is 62.6 Å². The van der Waals surface area contributed by atoms with Crippen molar-refractivity contribution >= 4 is 17.3 Å². The molecule has 0 saturated carbocycles. The number of amides is 1. The molecule has 5 heteroatoms. The van der Waals surface area contributed by atoms with Crippen molar-refractivity contribution in [3.63, 3.8) is 0 Å².